The van der Waals surface area contributed by atoms with Crippen molar-refractivity contribution in [2.75, 3.05) is 0 Å². The Morgan fingerprint density at radius 3 is 2.80 bits per heavy atom. The molecule has 4 nitrogen and oxygen atoms in total. The lowest BCUT2D eigenvalue weighted by Gasteiger charge is -2.07. The SMILES string of the molecule is N#Cc1cccc(CNC(=O)c2ccc(F)cc2O)c1. The van der Waals surface area contributed by atoms with Gasteiger partial charge in [0, 0.05) is 12.6 Å². The van der Waals surface area contributed by atoms with E-state index in [2.05, 4.69) is 5.32 Å². The number of phenols is 1. The second-order valence-electron chi connectivity index (χ2n) is 4.16. The van der Waals surface area contributed by atoms with Crippen LogP contribution < -0.4 is 5.32 Å². The van der Waals surface area contributed by atoms with Crippen LogP contribution in [0.3, 0.4) is 0 Å². The van der Waals surface area contributed by atoms with Crippen LogP contribution in [0.2, 0.25) is 0 Å². The molecule has 0 spiro atoms. The van der Waals surface area contributed by atoms with Crippen LogP contribution in [-0.4, -0.2) is 11.0 Å². The van der Waals surface area contributed by atoms with Crippen LogP contribution in [0.25, 0.3) is 0 Å². The van der Waals surface area contributed by atoms with Crippen LogP contribution in [-0.2, 0) is 6.54 Å². The van der Waals surface area contributed by atoms with Crippen LogP contribution in [0.4, 0.5) is 4.39 Å². The normalized spacial score (nSPS) is 9.80. The molecule has 0 aliphatic rings. The van der Waals surface area contributed by atoms with Crippen molar-refractivity contribution in [3.63, 3.8) is 0 Å². The topological polar surface area (TPSA) is 73.1 Å². The highest BCUT2D eigenvalue weighted by Crippen LogP contribution is 2.17. The van der Waals surface area contributed by atoms with E-state index >= 15 is 0 Å². The number of rotatable bonds is 3. The molecule has 0 heterocycles. The van der Waals surface area contributed by atoms with Crippen molar-refractivity contribution in [1.29, 1.82) is 5.26 Å². The molecule has 2 rings (SSSR count). The largest absolute Gasteiger partial charge is 0.507 e. The number of carbonyl (C=O) groups excluding carboxylic acids is 1. The van der Waals surface area contributed by atoms with E-state index in [4.69, 9.17) is 5.26 Å². The number of amides is 1. The quantitative estimate of drug-likeness (QED) is 0.899. The van der Waals surface area contributed by atoms with Crippen molar-refractivity contribution in [2.45, 2.75) is 6.54 Å². The third kappa shape index (κ3) is 3.12. The summed E-state index contributed by atoms with van der Waals surface area (Å²) in [6, 6.07) is 12.0. The second kappa shape index (κ2) is 5.85. The van der Waals surface area contributed by atoms with Gasteiger partial charge in [-0.2, -0.15) is 5.26 Å². The molecule has 0 radical (unpaired) electrons. The molecule has 0 aromatic heterocycles. The van der Waals surface area contributed by atoms with Gasteiger partial charge >= 0.3 is 0 Å². The minimum Gasteiger partial charge on any atom is -0.507 e. The lowest BCUT2D eigenvalue weighted by Crippen LogP contribution is -2.22. The number of phenolic OH excluding ortho intramolecular Hbond substituents is 1. The first-order valence-corrected chi connectivity index (χ1v) is 5.86. The summed E-state index contributed by atoms with van der Waals surface area (Å²) in [5.74, 6) is -1.53. The van der Waals surface area contributed by atoms with Gasteiger partial charge in [0.1, 0.15) is 11.6 Å². The molecule has 2 N–H and O–H groups in total. The highest BCUT2D eigenvalue weighted by atomic mass is 19.1. The zero-order chi connectivity index (χ0) is 14.5. The minimum absolute atomic E-state index is 0.00263. The molecule has 0 unspecified atom stereocenters. The fourth-order valence-electron chi connectivity index (χ4n) is 1.73. The van der Waals surface area contributed by atoms with Gasteiger partial charge in [-0.05, 0) is 29.8 Å². The molecule has 1 amide bonds. The zero-order valence-corrected chi connectivity index (χ0v) is 10.4. The van der Waals surface area contributed by atoms with E-state index < -0.39 is 17.5 Å². The molecule has 0 fully saturated rings. The fraction of sp³-hybridized carbons (Fsp3) is 0.0667. The van der Waals surface area contributed by atoms with Crippen LogP contribution in [0.5, 0.6) is 5.75 Å². The third-order valence-corrected chi connectivity index (χ3v) is 2.71. The molecule has 0 saturated heterocycles. The summed E-state index contributed by atoms with van der Waals surface area (Å²) in [5, 5.41) is 20.9. The summed E-state index contributed by atoms with van der Waals surface area (Å²) < 4.78 is 12.8. The molecule has 0 aliphatic carbocycles. The van der Waals surface area contributed by atoms with Crippen molar-refractivity contribution in [3.8, 4) is 11.8 Å². The standard InChI is InChI=1S/C15H11FN2O2/c16-12-4-5-13(14(19)7-12)15(20)18-9-11-3-1-2-10(6-11)8-17/h1-7,19H,9H2,(H,18,20). The van der Waals surface area contributed by atoms with Gasteiger partial charge in [0.05, 0.1) is 17.2 Å². The van der Waals surface area contributed by atoms with Gasteiger partial charge in [0.15, 0.2) is 0 Å². The number of benzene rings is 2. The van der Waals surface area contributed by atoms with Gasteiger partial charge in [0.2, 0.25) is 0 Å². The Balaban J connectivity index is 2.07. The number of nitrogens with one attached hydrogen (secondary N) is 1. The fourth-order valence-corrected chi connectivity index (χ4v) is 1.73. The van der Waals surface area contributed by atoms with Crippen LogP contribution >= 0.6 is 0 Å². The Bertz CT molecular complexity index is 693. The summed E-state index contributed by atoms with van der Waals surface area (Å²) in [6.45, 7) is 0.213. The summed E-state index contributed by atoms with van der Waals surface area (Å²) >= 11 is 0. The van der Waals surface area contributed by atoms with Crippen molar-refractivity contribution >= 4 is 5.91 Å². The van der Waals surface area contributed by atoms with Crippen LogP contribution in [0.1, 0.15) is 21.5 Å². The average molecular weight is 270 g/mol. The molecule has 0 atom stereocenters. The number of halogens is 1. The molecule has 2 aromatic rings. The first kappa shape index (κ1) is 13.6. The maximum Gasteiger partial charge on any atom is 0.255 e. The first-order chi connectivity index (χ1) is 9.60. The molecule has 0 bridgehead atoms. The maximum atomic E-state index is 12.8. The molecule has 0 aliphatic heterocycles. The van der Waals surface area contributed by atoms with Crippen molar-refractivity contribution in [3.05, 3.63) is 65.0 Å². The van der Waals surface area contributed by atoms with Gasteiger partial charge in [-0.1, -0.05) is 12.1 Å². The zero-order valence-electron chi connectivity index (χ0n) is 10.4. The lowest BCUT2D eigenvalue weighted by atomic mass is 10.1. The van der Waals surface area contributed by atoms with Crippen molar-refractivity contribution in [2.24, 2.45) is 0 Å². The summed E-state index contributed by atoms with van der Waals surface area (Å²) in [6.07, 6.45) is 0. The number of carbonyl (C=O) groups is 1. The van der Waals surface area contributed by atoms with Gasteiger partial charge in [-0.15, -0.1) is 0 Å². The van der Waals surface area contributed by atoms with Gasteiger partial charge in [-0.25, -0.2) is 4.39 Å². The van der Waals surface area contributed by atoms with Crippen LogP contribution in [0.15, 0.2) is 42.5 Å². The Hall–Kier alpha value is -2.87. The van der Waals surface area contributed by atoms with E-state index in [1.807, 2.05) is 6.07 Å². The maximum absolute atomic E-state index is 12.8. The molecular weight excluding hydrogens is 259 g/mol. The molecular formula is C15H11FN2O2. The monoisotopic (exact) mass is 270 g/mol. The van der Waals surface area contributed by atoms with E-state index in [0.717, 1.165) is 17.7 Å². The van der Waals surface area contributed by atoms with Crippen molar-refractivity contribution in [1.82, 2.24) is 5.32 Å². The molecule has 100 valence electrons. The number of hydrogen-bond acceptors (Lipinski definition) is 3. The predicted octanol–water partition coefficient (Wildman–Crippen LogP) is 2.33. The number of hydrogen-bond donors (Lipinski definition) is 2. The van der Waals surface area contributed by atoms with Gasteiger partial charge < -0.3 is 10.4 Å². The summed E-state index contributed by atoms with van der Waals surface area (Å²) in [5.41, 5.74) is 1.27. The predicted molar refractivity (Wildman–Crippen MR) is 70.4 cm³/mol. The van der Waals surface area contributed by atoms with E-state index in [1.54, 1.807) is 24.3 Å². The lowest BCUT2D eigenvalue weighted by molar-refractivity contribution is 0.0948. The smallest absolute Gasteiger partial charge is 0.255 e. The number of nitriles is 1. The van der Waals surface area contributed by atoms with Gasteiger partial charge in [0.25, 0.3) is 5.91 Å². The minimum atomic E-state index is -0.610. The second-order valence-corrected chi connectivity index (χ2v) is 4.16. The average Bonchev–Trinajstić information content (AvgIpc) is 2.45. The molecule has 0 saturated carbocycles. The van der Waals surface area contributed by atoms with E-state index in [-0.39, 0.29) is 12.1 Å². The summed E-state index contributed by atoms with van der Waals surface area (Å²) in [7, 11) is 0. The highest BCUT2D eigenvalue weighted by Gasteiger charge is 2.11. The van der Waals surface area contributed by atoms with Gasteiger partial charge in [-0.3, -0.25) is 4.79 Å². The van der Waals surface area contributed by atoms with E-state index in [0.29, 0.717) is 5.56 Å². The molecule has 20 heavy (non-hydrogen) atoms. The number of nitrogens with zero attached hydrogens (tertiary/aromatic N) is 1. The van der Waals surface area contributed by atoms with E-state index in [9.17, 15) is 14.3 Å². The Labute approximate surface area is 115 Å². The first-order valence-electron chi connectivity index (χ1n) is 5.86. The number of aromatic hydroxyl groups is 1. The Morgan fingerprint density at radius 1 is 1.30 bits per heavy atom. The molecule has 5 heteroatoms. The third-order valence-electron chi connectivity index (χ3n) is 2.71. The Morgan fingerprint density at radius 2 is 2.10 bits per heavy atom. The van der Waals surface area contributed by atoms with Crippen molar-refractivity contribution < 1.29 is 14.3 Å². The van der Waals surface area contributed by atoms with Crippen LogP contribution in [0, 0.1) is 17.1 Å². The molecule has 2 aromatic carbocycles. The van der Waals surface area contributed by atoms with E-state index in [1.165, 1.54) is 6.07 Å². The highest BCUT2D eigenvalue weighted by molar-refractivity contribution is 5.96. The Kier molecular flexibility index (Phi) is 3.96. The summed E-state index contributed by atoms with van der Waals surface area (Å²) in [4.78, 5) is 11.8.